The molecule has 2 heterocycles. The summed E-state index contributed by atoms with van der Waals surface area (Å²) < 4.78 is 0. The van der Waals surface area contributed by atoms with E-state index in [0.29, 0.717) is 11.7 Å². The summed E-state index contributed by atoms with van der Waals surface area (Å²) >= 11 is 7.75. The van der Waals surface area contributed by atoms with Crippen LogP contribution >= 0.6 is 22.9 Å². The number of rotatable bonds is 3. The van der Waals surface area contributed by atoms with Gasteiger partial charge in [-0.2, -0.15) is 0 Å². The van der Waals surface area contributed by atoms with Gasteiger partial charge in [0.05, 0.1) is 0 Å². The van der Waals surface area contributed by atoms with Crippen molar-refractivity contribution in [3.63, 3.8) is 0 Å². The summed E-state index contributed by atoms with van der Waals surface area (Å²) in [7, 11) is 0. The molecule has 0 amide bonds. The Hall–Kier alpha value is -0.320. The highest BCUT2D eigenvalue weighted by Gasteiger charge is 2.16. The standard InChI is InChI=1S/C10H16ClN3S/c11-9-8(4-5-12)15-10(13-9)14-6-2-1-3-7-14/h1-7,12H2. The average Bonchev–Trinajstić information content (AvgIpc) is 2.63. The van der Waals surface area contributed by atoms with Gasteiger partial charge in [0, 0.05) is 18.0 Å². The summed E-state index contributed by atoms with van der Waals surface area (Å²) in [6.07, 6.45) is 4.71. The number of anilines is 1. The molecule has 0 atom stereocenters. The fourth-order valence-corrected chi connectivity index (χ4v) is 3.19. The number of halogens is 1. The molecule has 1 aliphatic heterocycles. The summed E-state index contributed by atoms with van der Waals surface area (Å²) in [6, 6.07) is 0. The maximum Gasteiger partial charge on any atom is 0.187 e. The Balaban J connectivity index is 2.10. The molecule has 0 bridgehead atoms. The van der Waals surface area contributed by atoms with Crippen LogP contribution in [0.25, 0.3) is 0 Å². The van der Waals surface area contributed by atoms with Crippen LogP contribution in [-0.2, 0) is 6.42 Å². The molecule has 3 nitrogen and oxygen atoms in total. The molecular formula is C10H16ClN3S. The molecule has 0 radical (unpaired) electrons. The van der Waals surface area contributed by atoms with Gasteiger partial charge in [-0.1, -0.05) is 11.6 Å². The second-order valence-corrected chi connectivity index (χ2v) is 5.22. The van der Waals surface area contributed by atoms with Gasteiger partial charge in [-0.25, -0.2) is 4.98 Å². The average molecular weight is 246 g/mol. The van der Waals surface area contributed by atoms with Crippen molar-refractivity contribution >= 4 is 28.1 Å². The van der Waals surface area contributed by atoms with E-state index in [0.717, 1.165) is 29.5 Å². The first-order valence-corrected chi connectivity index (χ1v) is 6.61. The molecule has 0 saturated carbocycles. The highest BCUT2D eigenvalue weighted by molar-refractivity contribution is 7.16. The monoisotopic (exact) mass is 245 g/mol. The van der Waals surface area contributed by atoms with E-state index in [9.17, 15) is 0 Å². The number of piperidine rings is 1. The first-order valence-electron chi connectivity index (χ1n) is 5.41. The fraction of sp³-hybridized carbons (Fsp3) is 0.700. The summed E-state index contributed by atoms with van der Waals surface area (Å²) in [4.78, 5) is 7.87. The molecule has 5 heteroatoms. The number of thiazole rings is 1. The van der Waals surface area contributed by atoms with E-state index >= 15 is 0 Å². The zero-order valence-corrected chi connectivity index (χ0v) is 10.3. The maximum absolute atomic E-state index is 6.06. The SMILES string of the molecule is NCCc1sc(N2CCCCC2)nc1Cl. The molecule has 15 heavy (non-hydrogen) atoms. The predicted molar refractivity (Wildman–Crippen MR) is 65.9 cm³/mol. The van der Waals surface area contributed by atoms with Crippen molar-refractivity contribution in [3.05, 3.63) is 10.0 Å². The molecule has 0 aliphatic carbocycles. The summed E-state index contributed by atoms with van der Waals surface area (Å²) in [5.41, 5.74) is 5.52. The van der Waals surface area contributed by atoms with Crippen LogP contribution < -0.4 is 10.6 Å². The molecule has 0 aromatic carbocycles. The van der Waals surface area contributed by atoms with E-state index in [1.807, 2.05) is 0 Å². The fourth-order valence-electron chi connectivity index (χ4n) is 1.83. The zero-order valence-electron chi connectivity index (χ0n) is 8.71. The van der Waals surface area contributed by atoms with Crippen LogP contribution in [-0.4, -0.2) is 24.6 Å². The van der Waals surface area contributed by atoms with Crippen molar-refractivity contribution < 1.29 is 0 Å². The van der Waals surface area contributed by atoms with Crippen LogP contribution in [0.2, 0.25) is 5.15 Å². The number of aromatic nitrogens is 1. The Labute approximate surface area is 99.2 Å². The van der Waals surface area contributed by atoms with Crippen molar-refractivity contribution in [2.75, 3.05) is 24.5 Å². The third-order valence-electron chi connectivity index (χ3n) is 2.64. The zero-order chi connectivity index (χ0) is 10.7. The van der Waals surface area contributed by atoms with Gasteiger partial charge in [-0.3, -0.25) is 0 Å². The van der Waals surface area contributed by atoms with E-state index in [-0.39, 0.29) is 0 Å². The maximum atomic E-state index is 6.06. The molecule has 1 fully saturated rings. The normalized spacial score (nSPS) is 17.1. The van der Waals surface area contributed by atoms with Gasteiger partial charge in [-0.05, 0) is 32.2 Å². The minimum absolute atomic E-state index is 0.640. The van der Waals surface area contributed by atoms with Crippen molar-refractivity contribution in [2.24, 2.45) is 5.73 Å². The van der Waals surface area contributed by atoms with Crippen LogP contribution in [0, 0.1) is 0 Å². The van der Waals surface area contributed by atoms with E-state index < -0.39 is 0 Å². The smallest absolute Gasteiger partial charge is 0.187 e. The summed E-state index contributed by atoms with van der Waals surface area (Å²) in [6.45, 7) is 2.87. The third-order valence-corrected chi connectivity index (χ3v) is 4.24. The summed E-state index contributed by atoms with van der Waals surface area (Å²) in [5, 5.41) is 1.72. The Morgan fingerprint density at radius 3 is 2.73 bits per heavy atom. The molecule has 2 N–H and O–H groups in total. The van der Waals surface area contributed by atoms with E-state index in [4.69, 9.17) is 17.3 Å². The minimum Gasteiger partial charge on any atom is -0.348 e. The van der Waals surface area contributed by atoms with Crippen LogP contribution in [0.3, 0.4) is 0 Å². The lowest BCUT2D eigenvalue weighted by atomic mass is 10.1. The number of hydrogen-bond acceptors (Lipinski definition) is 4. The van der Waals surface area contributed by atoms with Gasteiger partial charge in [0.25, 0.3) is 0 Å². The molecule has 2 rings (SSSR count). The largest absolute Gasteiger partial charge is 0.348 e. The van der Waals surface area contributed by atoms with Crippen LogP contribution in [0.15, 0.2) is 0 Å². The number of nitrogens with zero attached hydrogens (tertiary/aromatic N) is 2. The first kappa shape index (κ1) is 11.2. The topological polar surface area (TPSA) is 42.1 Å². The van der Waals surface area contributed by atoms with Gasteiger partial charge < -0.3 is 10.6 Å². The van der Waals surface area contributed by atoms with Crippen molar-refractivity contribution in [1.82, 2.24) is 4.98 Å². The lowest BCUT2D eigenvalue weighted by Crippen LogP contribution is -2.29. The Bertz CT molecular complexity index is 320. The van der Waals surface area contributed by atoms with E-state index in [1.54, 1.807) is 11.3 Å². The first-order chi connectivity index (χ1) is 7.31. The quantitative estimate of drug-likeness (QED) is 0.889. The van der Waals surface area contributed by atoms with Gasteiger partial charge >= 0.3 is 0 Å². The number of nitrogens with two attached hydrogens (primary N) is 1. The van der Waals surface area contributed by atoms with Crippen molar-refractivity contribution in [1.29, 1.82) is 0 Å². The molecular weight excluding hydrogens is 230 g/mol. The molecule has 1 aliphatic rings. The van der Waals surface area contributed by atoms with Crippen LogP contribution in [0.1, 0.15) is 24.1 Å². The third kappa shape index (κ3) is 2.62. The molecule has 1 saturated heterocycles. The van der Waals surface area contributed by atoms with Gasteiger partial charge in [0.2, 0.25) is 0 Å². The highest BCUT2D eigenvalue weighted by atomic mass is 35.5. The predicted octanol–water partition coefficient (Wildman–Crippen LogP) is 2.29. The van der Waals surface area contributed by atoms with Gasteiger partial charge in [0.1, 0.15) is 5.15 Å². The molecule has 0 spiro atoms. The van der Waals surface area contributed by atoms with Crippen LogP contribution in [0.4, 0.5) is 5.13 Å². The van der Waals surface area contributed by atoms with Crippen LogP contribution in [0.5, 0.6) is 0 Å². The van der Waals surface area contributed by atoms with Gasteiger partial charge in [0.15, 0.2) is 5.13 Å². The van der Waals surface area contributed by atoms with E-state index in [1.165, 1.54) is 19.3 Å². The summed E-state index contributed by atoms with van der Waals surface area (Å²) in [5.74, 6) is 0. The van der Waals surface area contributed by atoms with Crippen molar-refractivity contribution in [2.45, 2.75) is 25.7 Å². The lowest BCUT2D eigenvalue weighted by Gasteiger charge is -2.25. The molecule has 1 aromatic rings. The second-order valence-electron chi connectivity index (χ2n) is 3.80. The highest BCUT2D eigenvalue weighted by Crippen LogP contribution is 2.31. The molecule has 84 valence electrons. The van der Waals surface area contributed by atoms with Crippen molar-refractivity contribution in [3.8, 4) is 0 Å². The lowest BCUT2D eigenvalue weighted by molar-refractivity contribution is 0.577. The molecule has 0 unspecified atom stereocenters. The van der Waals surface area contributed by atoms with E-state index in [2.05, 4.69) is 9.88 Å². The van der Waals surface area contributed by atoms with Gasteiger partial charge in [-0.15, -0.1) is 11.3 Å². The minimum atomic E-state index is 0.640. The molecule has 1 aromatic heterocycles. The Kier molecular flexibility index (Phi) is 3.83. The Morgan fingerprint density at radius 2 is 2.07 bits per heavy atom. The Morgan fingerprint density at radius 1 is 1.33 bits per heavy atom. The number of hydrogen-bond donors (Lipinski definition) is 1. The second kappa shape index (κ2) is 5.14.